The van der Waals surface area contributed by atoms with Crippen LogP contribution in [0, 0.1) is 5.82 Å². The Labute approximate surface area is 89.2 Å². The van der Waals surface area contributed by atoms with Gasteiger partial charge < -0.3 is 10.5 Å². The molecule has 1 aliphatic heterocycles. The first-order valence-corrected chi connectivity index (χ1v) is 5.26. The Kier molecular flexibility index (Phi) is 2.76. The van der Waals surface area contributed by atoms with Crippen LogP contribution in [0.25, 0.3) is 0 Å². The fourth-order valence-corrected chi connectivity index (χ4v) is 2.17. The molecule has 2 unspecified atom stereocenters. The van der Waals surface area contributed by atoms with Crippen molar-refractivity contribution in [1.82, 2.24) is 0 Å². The van der Waals surface area contributed by atoms with Crippen molar-refractivity contribution in [2.75, 3.05) is 6.61 Å². The number of benzene rings is 1. The van der Waals surface area contributed by atoms with Crippen molar-refractivity contribution in [2.24, 2.45) is 5.73 Å². The molecule has 0 amide bonds. The Bertz CT molecular complexity index is 355. The molecule has 1 fully saturated rings. The van der Waals surface area contributed by atoms with Gasteiger partial charge in [0, 0.05) is 18.2 Å². The zero-order chi connectivity index (χ0) is 10.9. The molecule has 1 aromatic carbocycles. The van der Waals surface area contributed by atoms with Gasteiger partial charge in [-0.05, 0) is 25.8 Å². The Morgan fingerprint density at radius 3 is 2.87 bits per heavy atom. The number of halogens is 1. The van der Waals surface area contributed by atoms with Crippen LogP contribution in [-0.2, 0) is 10.3 Å². The molecule has 15 heavy (non-hydrogen) atoms. The third-order valence-electron chi connectivity index (χ3n) is 3.00. The molecule has 3 heteroatoms. The van der Waals surface area contributed by atoms with Crippen LogP contribution >= 0.6 is 0 Å². The maximum Gasteiger partial charge on any atom is 0.129 e. The molecule has 0 saturated carbocycles. The van der Waals surface area contributed by atoms with E-state index in [0.29, 0.717) is 18.6 Å². The van der Waals surface area contributed by atoms with E-state index in [1.54, 1.807) is 12.1 Å². The van der Waals surface area contributed by atoms with E-state index >= 15 is 0 Å². The minimum Gasteiger partial charge on any atom is -0.370 e. The van der Waals surface area contributed by atoms with Crippen LogP contribution in [0.5, 0.6) is 0 Å². The van der Waals surface area contributed by atoms with Crippen molar-refractivity contribution < 1.29 is 9.13 Å². The molecule has 0 bridgehead atoms. The van der Waals surface area contributed by atoms with Crippen LogP contribution in [0.15, 0.2) is 24.3 Å². The fraction of sp³-hybridized carbons (Fsp3) is 0.500. The number of hydrogen-bond donors (Lipinski definition) is 1. The predicted octanol–water partition coefficient (Wildman–Crippen LogP) is 2.18. The smallest absolute Gasteiger partial charge is 0.129 e. The van der Waals surface area contributed by atoms with Gasteiger partial charge in [-0.1, -0.05) is 18.2 Å². The average Bonchev–Trinajstić information content (AvgIpc) is 2.17. The molecule has 2 N–H and O–H groups in total. The third-order valence-corrected chi connectivity index (χ3v) is 3.00. The Balaban J connectivity index is 2.32. The van der Waals surface area contributed by atoms with Gasteiger partial charge in [-0.15, -0.1) is 0 Å². The van der Waals surface area contributed by atoms with Gasteiger partial charge in [-0.25, -0.2) is 4.39 Å². The molecule has 2 rings (SSSR count). The van der Waals surface area contributed by atoms with Crippen LogP contribution in [0.4, 0.5) is 4.39 Å². The standard InChI is InChI=1S/C12H16FNO/c1-12(8-9(14)6-7-15-12)10-4-2-3-5-11(10)13/h2-5,9H,6-8,14H2,1H3. The lowest BCUT2D eigenvalue weighted by molar-refractivity contribution is -0.0785. The monoisotopic (exact) mass is 209 g/mol. The molecule has 0 spiro atoms. The Morgan fingerprint density at radius 2 is 2.20 bits per heavy atom. The summed E-state index contributed by atoms with van der Waals surface area (Å²) in [5.74, 6) is -0.214. The summed E-state index contributed by atoms with van der Waals surface area (Å²) in [7, 11) is 0. The summed E-state index contributed by atoms with van der Waals surface area (Å²) in [5.41, 5.74) is 5.94. The Hall–Kier alpha value is -0.930. The quantitative estimate of drug-likeness (QED) is 0.769. The van der Waals surface area contributed by atoms with E-state index in [1.807, 2.05) is 13.0 Å². The lowest BCUT2D eigenvalue weighted by Gasteiger charge is -2.37. The minimum absolute atomic E-state index is 0.100. The number of ether oxygens (including phenoxy) is 1. The summed E-state index contributed by atoms with van der Waals surface area (Å²) in [6.07, 6.45) is 1.53. The molecule has 82 valence electrons. The van der Waals surface area contributed by atoms with E-state index in [0.717, 1.165) is 6.42 Å². The minimum atomic E-state index is -0.566. The number of nitrogens with two attached hydrogens (primary N) is 1. The van der Waals surface area contributed by atoms with Crippen molar-refractivity contribution in [2.45, 2.75) is 31.4 Å². The summed E-state index contributed by atoms with van der Waals surface area (Å²) in [5, 5.41) is 0. The molecule has 1 heterocycles. The van der Waals surface area contributed by atoms with Gasteiger partial charge in [-0.2, -0.15) is 0 Å². The van der Waals surface area contributed by atoms with Crippen molar-refractivity contribution >= 4 is 0 Å². The second-order valence-corrected chi connectivity index (χ2v) is 4.31. The van der Waals surface area contributed by atoms with Crippen LogP contribution in [0.2, 0.25) is 0 Å². The van der Waals surface area contributed by atoms with Crippen LogP contribution < -0.4 is 5.73 Å². The highest BCUT2D eigenvalue weighted by Gasteiger charge is 2.35. The molecular weight excluding hydrogens is 193 g/mol. The van der Waals surface area contributed by atoms with Gasteiger partial charge in [0.1, 0.15) is 5.82 Å². The average molecular weight is 209 g/mol. The van der Waals surface area contributed by atoms with Crippen LogP contribution in [0.1, 0.15) is 25.3 Å². The molecule has 2 nitrogen and oxygen atoms in total. The summed E-state index contributed by atoms with van der Waals surface area (Å²) in [6, 6.07) is 6.85. The molecule has 0 aromatic heterocycles. The molecule has 2 atom stereocenters. The molecule has 1 aromatic rings. The number of rotatable bonds is 1. The highest BCUT2D eigenvalue weighted by molar-refractivity contribution is 5.24. The van der Waals surface area contributed by atoms with Gasteiger partial charge in [0.2, 0.25) is 0 Å². The van der Waals surface area contributed by atoms with E-state index in [-0.39, 0.29) is 11.9 Å². The van der Waals surface area contributed by atoms with Crippen molar-refractivity contribution in [3.8, 4) is 0 Å². The van der Waals surface area contributed by atoms with Gasteiger partial charge >= 0.3 is 0 Å². The first-order chi connectivity index (χ1) is 7.12. The van der Waals surface area contributed by atoms with Crippen LogP contribution in [-0.4, -0.2) is 12.6 Å². The lowest BCUT2D eigenvalue weighted by Crippen LogP contribution is -2.41. The van der Waals surface area contributed by atoms with Crippen molar-refractivity contribution in [1.29, 1.82) is 0 Å². The van der Waals surface area contributed by atoms with Crippen LogP contribution in [0.3, 0.4) is 0 Å². The Morgan fingerprint density at radius 1 is 1.47 bits per heavy atom. The molecule has 1 aliphatic rings. The van der Waals surface area contributed by atoms with E-state index in [4.69, 9.17) is 10.5 Å². The third kappa shape index (κ3) is 2.03. The largest absolute Gasteiger partial charge is 0.370 e. The second kappa shape index (κ2) is 3.91. The highest BCUT2D eigenvalue weighted by Crippen LogP contribution is 2.35. The lowest BCUT2D eigenvalue weighted by atomic mass is 9.86. The molecule has 0 aliphatic carbocycles. The van der Waals surface area contributed by atoms with E-state index in [1.165, 1.54) is 6.07 Å². The SMILES string of the molecule is CC1(c2ccccc2F)CC(N)CCO1. The zero-order valence-corrected chi connectivity index (χ0v) is 8.87. The van der Waals surface area contributed by atoms with Crippen molar-refractivity contribution in [3.05, 3.63) is 35.6 Å². The zero-order valence-electron chi connectivity index (χ0n) is 8.87. The summed E-state index contributed by atoms with van der Waals surface area (Å²) < 4.78 is 19.3. The number of hydrogen-bond acceptors (Lipinski definition) is 2. The normalized spacial score (nSPS) is 31.5. The first-order valence-electron chi connectivity index (χ1n) is 5.26. The maximum atomic E-state index is 13.6. The van der Waals surface area contributed by atoms with Gasteiger partial charge in [0.05, 0.1) is 5.60 Å². The predicted molar refractivity (Wildman–Crippen MR) is 56.9 cm³/mol. The topological polar surface area (TPSA) is 35.2 Å². The van der Waals surface area contributed by atoms with Gasteiger partial charge in [0.15, 0.2) is 0 Å². The molecule has 1 saturated heterocycles. The van der Waals surface area contributed by atoms with Gasteiger partial charge in [0.25, 0.3) is 0 Å². The molecule has 0 radical (unpaired) electrons. The van der Waals surface area contributed by atoms with Crippen molar-refractivity contribution in [3.63, 3.8) is 0 Å². The fourth-order valence-electron chi connectivity index (χ4n) is 2.17. The van der Waals surface area contributed by atoms with E-state index < -0.39 is 5.60 Å². The second-order valence-electron chi connectivity index (χ2n) is 4.31. The van der Waals surface area contributed by atoms with Gasteiger partial charge in [-0.3, -0.25) is 0 Å². The highest BCUT2D eigenvalue weighted by atomic mass is 19.1. The maximum absolute atomic E-state index is 13.6. The summed E-state index contributed by atoms with van der Waals surface area (Å²) in [6.45, 7) is 2.51. The summed E-state index contributed by atoms with van der Waals surface area (Å²) >= 11 is 0. The van der Waals surface area contributed by atoms with E-state index in [9.17, 15) is 4.39 Å². The molecular formula is C12H16FNO. The van der Waals surface area contributed by atoms with E-state index in [2.05, 4.69) is 0 Å². The summed E-state index contributed by atoms with van der Waals surface area (Å²) in [4.78, 5) is 0. The first kappa shape index (κ1) is 10.6.